The Morgan fingerprint density at radius 1 is 1.30 bits per heavy atom. The van der Waals surface area contributed by atoms with Crippen LogP contribution in [0.1, 0.15) is 24.5 Å². The Morgan fingerprint density at radius 3 is 2.76 bits per heavy atom. The zero-order chi connectivity index (χ0) is 26.4. The summed E-state index contributed by atoms with van der Waals surface area (Å²) in [5.74, 6) is -0.496. The molecule has 0 aromatic heterocycles. The summed E-state index contributed by atoms with van der Waals surface area (Å²) in [6, 6.07) is 11.3. The van der Waals surface area contributed by atoms with Gasteiger partial charge in [0.2, 0.25) is 5.91 Å². The summed E-state index contributed by atoms with van der Waals surface area (Å²) < 4.78 is 15.0. The molecular weight excluding hydrogens is 501 g/mol. The average molecular weight is 528 g/mol. The molecule has 1 fully saturated rings. The van der Waals surface area contributed by atoms with Gasteiger partial charge in [-0.25, -0.2) is 4.39 Å². The number of benzene rings is 2. The number of amides is 1. The zero-order valence-electron chi connectivity index (χ0n) is 20.1. The molecular formula is C24H26FN7O4S. The Bertz CT molecular complexity index is 1250. The molecule has 2 aliphatic rings. The summed E-state index contributed by atoms with van der Waals surface area (Å²) in [7, 11) is 0. The minimum Gasteiger partial charge on any atom is -0.390 e. The molecule has 2 aliphatic heterocycles. The van der Waals surface area contributed by atoms with Crippen molar-refractivity contribution in [1.29, 1.82) is 0 Å². The fourth-order valence-electron chi connectivity index (χ4n) is 4.05. The van der Waals surface area contributed by atoms with Crippen molar-refractivity contribution in [2.45, 2.75) is 19.4 Å². The number of oxime groups is 1. The molecule has 2 aromatic rings. The molecule has 0 bridgehead atoms. The highest BCUT2D eigenvalue weighted by molar-refractivity contribution is 7.80. The Balaban J connectivity index is 1.28. The number of carbonyl (C=O) groups excluding carboxylic acids is 1. The summed E-state index contributed by atoms with van der Waals surface area (Å²) in [6.45, 7) is 3.99. The molecule has 0 spiro atoms. The van der Waals surface area contributed by atoms with Crippen molar-refractivity contribution in [3.8, 4) is 0 Å². The van der Waals surface area contributed by atoms with Crippen molar-refractivity contribution in [2.24, 2.45) is 10.3 Å². The molecule has 0 radical (unpaired) electrons. The van der Waals surface area contributed by atoms with E-state index in [1.165, 1.54) is 25.3 Å². The van der Waals surface area contributed by atoms with Crippen LogP contribution < -0.4 is 15.6 Å². The molecule has 37 heavy (non-hydrogen) atoms. The summed E-state index contributed by atoms with van der Waals surface area (Å²) in [4.78, 5) is 30.9. The molecule has 1 amide bonds. The molecule has 2 heterocycles. The van der Waals surface area contributed by atoms with Crippen LogP contribution >= 0.6 is 12.2 Å². The molecule has 2 N–H and O–H groups in total. The van der Waals surface area contributed by atoms with Gasteiger partial charge in [0.15, 0.2) is 5.11 Å². The van der Waals surface area contributed by atoms with Crippen LogP contribution in [0.25, 0.3) is 0 Å². The Kier molecular flexibility index (Phi) is 8.23. The van der Waals surface area contributed by atoms with E-state index >= 15 is 0 Å². The lowest BCUT2D eigenvalue weighted by Gasteiger charge is -2.37. The molecule has 2 aromatic carbocycles. The lowest BCUT2D eigenvalue weighted by molar-refractivity contribution is -0.385. The number of piperazine rings is 1. The maximum absolute atomic E-state index is 15.0. The highest BCUT2D eigenvalue weighted by atomic mass is 32.1. The number of nitro groups is 1. The van der Waals surface area contributed by atoms with E-state index in [9.17, 15) is 19.3 Å². The normalized spacial score (nSPS) is 17.4. The number of carbonyl (C=O) groups is 1. The van der Waals surface area contributed by atoms with Crippen molar-refractivity contribution < 1.29 is 18.9 Å². The third-order valence-electron chi connectivity index (χ3n) is 6.00. The molecule has 1 saturated heterocycles. The molecule has 194 valence electrons. The molecule has 1 unspecified atom stereocenters. The molecule has 13 heteroatoms. The van der Waals surface area contributed by atoms with Gasteiger partial charge in [-0.15, -0.1) is 0 Å². The SMILES string of the molecule is CC(=O)NCC1CC(c2ccc(N3CCN(C(=S)N/N=C\c4ccccc4[N+](=O)[O-])CC3)c(F)c2)=NO1. The first-order valence-corrected chi connectivity index (χ1v) is 12.1. The minimum absolute atomic E-state index is 0.0436. The molecule has 0 aliphatic carbocycles. The minimum atomic E-state index is -0.468. The number of nitro benzene ring substituents is 1. The van der Waals surface area contributed by atoms with E-state index in [2.05, 4.69) is 21.0 Å². The van der Waals surface area contributed by atoms with Gasteiger partial charge in [0.1, 0.15) is 11.9 Å². The van der Waals surface area contributed by atoms with Gasteiger partial charge in [-0.2, -0.15) is 5.10 Å². The Labute approximate surface area is 218 Å². The number of hydrogen-bond donors (Lipinski definition) is 2. The van der Waals surface area contributed by atoms with E-state index in [0.717, 1.165) is 0 Å². The van der Waals surface area contributed by atoms with Gasteiger partial charge < -0.3 is 20.0 Å². The van der Waals surface area contributed by atoms with Gasteiger partial charge in [-0.1, -0.05) is 23.4 Å². The summed E-state index contributed by atoms with van der Waals surface area (Å²) >= 11 is 5.40. The first-order chi connectivity index (χ1) is 17.8. The van der Waals surface area contributed by atoms with Crippen molar-refractivity contribution in [2.75, 3.05) is 37.6 Å². The first-order valence-electron chi connectivity index (χ1n) is 11.6. The number of nitrogens with one attached hydrogen (secondary N) is 2. The fraction of sp³-hybridized carbons (Fsp3) is 0.333. The van der Waals surface area contributed by atoms with E-state index in [4.69, 9.17) is 17.1 Å². The van der Waals surface area contributed by atoms with Crippen LogP contribution in [0.3, 0.4) is 0 Å². The fourth-order valence-corrected chi connectivity index (χ4v) is 4.29. The average Bonchev–Trinajstić information content (AvgIpc) is 3.37. The van der Waals surface area contributed by atoms with Crippen LogP contribution in [-0.4, -0.2) is 71.6 Å². The number of para-hydroxylation sites is 1. The van der Waals surface area contributed by atoms with Crippen molar-refractivity contribution >= 4 is 46.5 Å². The lowest BCUT2D eigenvalue weighted by Crippen LogP contribution is -2.51. The van der Waals surface area contributed by atoms with Crippen LogP contribution in [-0.2, 0) is 9.63 Å². The van der Waals surface area contributed by atoms with E-state index in [-0.39, 0.29) is 23.5 Å². The quantitative estimate of drug-likeness (QED) is 0.243. The predicted octanol–water partition coefficient (Wildman–Crippen LogP) is 2.39. The number of halogens is 1. The van der Waals surface area contributed by atoms with Gasteiger partial charge in [0.05, 0.1) is 34.6 Å². The Hall–Kier alpha value is -4.13. The van der Waals surface area contributed by atoms with Crippen molar-refractivity contribution in [3.05, 3.63) is 69.5 Å². The highest BCUT2D eigenvalue weighted by Crippen LogP contribution is 2.25. The standard InChI is InChI=1S/C24H26FN7O4S/c1-16(33)26-15-19-13-21(29-36-19)17-6-7-23(20(25)12-17)30-8-10-31(11-9-30)24(37)28-27-14-18-4-2-3-5-22(18)32(34)35/h2-7,12,14,19H,8-11,13,15H2,1H3,(H,26,33)(H,28,37)/b27-14-. The monoisotopic (exact) mass is 527 g/mol. The van der Waals surface area contributed by atoms with E-state index in [1.54, 1.807) is 24.3 Å². The van der Waals surface area contributed by atoms with Gasteiger partial charge in [0, 0.05) is 51.2 Å². The second-order valence-electron chi connectivity index (χ2n) is 8.54. The van der Waals surface area contributed by atoms with Crippen LogP contribution in [0.15, 0.2) is 52.7 Å². The second kappa shape index (κ2) is 11.7. The van der Waals surface area contributed by atoms with Crippen LogP contribution in [0.2, 0.25) is 0 Å². The maximum atomic E-state index is 15.0. The van der Waals surface area contributed by atoms with Gasteiger partial charge in [-0.05, 0) is 30.4 Å². The topological polar surface area (TPSA) is 125 Å². The largest absolute Gasteiger partial charge is 0.390 e. The predicted molar refractivity (Wildman–Crippen MR) is 141 cm³/mol. The van der Waals surface area contributed by atoms with Gasteiger partial charge in [-0.3, -0.25) is 20.3 Å². The number of thiocarbonyl (C=S) groups is 1. The van der Waals surface area contributed by atoms with E-state index < -0.39 is 4.92 Å². The molecule has 0 saturated carbocycles. The van der Waals surface area contributed by atoms with Gasteiger partial charge in [0.25, 0.3) is 5.69 Å². The molecule has 1 atom stereocenters. The lowest BCUT2D eigenvalue weighted by atomic mass is 10.0. The molecule has 11 nitrogen and oxygen atoms in total. The summed E-state index contributed by atoms with van der Waals surface area (Å²) in [6.07, 6.45) is 1.58. The van der Waals surface area contributed by atoms with Gasteiger partial charge >= 0.3 is 0 Å². The number of anilines is 1. The summed E-state index contributed by atoms with van der Waals surface area (Å²) in [5.41, 5.74) is 4.86. The van der Waals surface area contributed by atoms with E-state index in [0.29, 0.717) is 66.8 Å². The van der Waals surface area contributed by atoms with Crippen molar-refractivity contribution in [3.63, 3.8) is 0 Å². The third kappa shape index (κ3) is 6.55. The van der Waals surface area contributed by atoms with E-state index in [1.807, 2.05) is 15.9 Å². The number of hydrazone groups is 1. The zero-order valence-corrected chi connectivity index (χ0v) is 20.9. The van der Waals surface area contributed by atoms with Crippen molar-refractivity contribution in [1.82, 2.24) is 15.6 Å². The molecule has 4 rings (SSSR count). The first kappa shape index (κ1) is 25.9. The Morgan fingerprint density at radius 2 is 2.05 bits per heavy atom. The number of rotatable bonds is 7. The smallest absolute Gasteiger partial charge is 0.278 e. The number of hydrogen-bond acceptors (Lipinski definition) is 8. The van der Waals surface area contributed by atoms with Crippen LogP contribution in [0, 0.1) is 15.9 Å². The third-order valence-corrected chi connectivity index (χ3v) is 6.35. The maximum Gasteiger partial charge on any atom is 0.278 e. The second-order valence-corrected chi connectivity index (χ2v) is 8.92. The van der Waals surface area contributed by atoms with Crippen LogP contribution in [0.5, 0.6) is 0 Å². The summed E-state index contributed by atoms with van der Waals surface area (Å²) in [5, 5.41) is 22.3. The number of nitrogens with zero attached hydrogens (tertiary/aromatic N) is 5. The van der Waals surface area contributed by atoms with Crippen LogP contribution in [0.4, 0.5) is 15.8 Å². The highest BCUT2D eigenvalue weighted by Gasteiger charge is 2.25.